The van der Waals surface area contributed by atoms with Crippen molar-refractivity contribution in [3.05, 3.63) is 58.5 Å². The molecule has 0 saturated heterocycles. The number of nitrogens with zero attached hydrogens (tertiary/aromatic N) is 2. The van der Waals surface area contributed by atoms with Crippen molar-refractivity contribution < 1.29 is 23.2 Å². The molecule has 4 bridgehead atoms. The first-order valence-electron chi connectivity index (χ1n) is 11.2. The minimum Gasteiger partial charge on any atom is -0.464 e. The SMILES string of the molecule is COC(=O)c1coc(-c2nc3oc2[C@H]2CCc4ccc(cc42)CCC(=O)N[C@H]3C(C)(C)C)n1. The summed E-state index contributed by atoms with van der Waals surface area (Å²) in [6.07, 6.45) is 4.12. The summed E-state index contributed by atoms with van der Waals surface area (Å²) in [5.74, 6) is 0.584. The first-order chi connectivity index (χ1) is 15.7. The van der Waals surface area contributed by atoms with Crippen LogP contribution >= 0.6 is 0 Å². The highest BCUT2D eigenvalue weighted by Crippen LogP contribution is 2.45. The molecule has 1 aliphatic heterocycles. The number of aryl methyl sites for hydroxylation is 2. The number of nitrogens with one attached hydrogen (secondary N) is 1. The van der Waals surface area contributed by atoms with E-state index in [1.807, 2.05) is 20.8 Å². The second-order valence-corrected chi connectivity index (χ2v) is 9.79. The Kier molecular flexibility index (Phi) is 5.11. The van der Waals surface area contributed by atoms with E-state index in [0.717, 1.165) is 18.4 Å². The van der Waals surface area contributed by atoms with E-state index in [2.05, 4.69) is 28.5 Å². The third-order valence-corrected chi connectivity index (χ3v) is 6.43. The molecule has 0 fully saturated rings. The largest absolute Gasteiger partial charge is 0.464 e. The number of esters is 1. The number of ether oxygens (including phenoxy) is 1. The Bertz CT molecular complexity index is 1230. The molecule has 2 aliphatic rings. The first kappa shape index (κ1) is 21.4. The summed E-state index contributed by atoms with van der Waals surface area (Å²) in [5, 5.41) is 3.11. The van der Waals surface area contributed by atoms with Crippen LogP contribution < -0.4 is 5.32 Å². The molecule has 172 valence electrons. The Morgan fingerprint density at radius 3 is 2.76 bits per heavy atom. The Balaban J connectivity index is 1.70. The highest BCUT2D eigenvalue weighted by Gasteiger charge is 2.38. The van der Waals surface area contributed by atoms with Crippen LogP contribution in [0.25, 0.3) is 11.6 Å². The monoisotopic (exact) mass is 449 g/mol. The highest BCUT2D eigenvalue weighted by molar-refractivity contribution is 5.87. The van der Waals surface area contributed by atoms with Gasteiger partial charge in [-0.25, -0.2) is 14.8 Å². The number of fused-ring (bicyclic) bond motifs is 4. The van der Waals surface area contributed by atoms with Crippen LogP contribution in [0.15, 0.2) is 33.3 Å². The van der Waals surface area contributed by atoms with Gasteiger partial charge >= 0.3 is 5.97 Å². The minimum absolute atomic E-state index is 0.0135. The van der Waals surface area contributed by atoms with E-state index in [1.165, 1.54) is 24.5 Å². The molecule has 3 heterocycles. The van der Waals surface area contributed by atoms with E-state index >= 15 is 0 Å². The van der Waals surface area contributed by atoms with Crippen LogP contribution in [0.1, 0.15) is 84.4 Å². The molecule has 3 aromatic rings. The van der Waals surface area contributed by atoms with Gasteiger partial charge in [-0.05, 0) is 41.4 Å². The van der Waals surface area contributed by atoms with E-state index < -0.39 is 12.0 Å². The molecule has 1 aliphatic carbocycles. The first-order valence-corrected chi connectivity index (χ1v) is 11.2. The van der Waals surface area contributed by atoms with E-state index in [-0.39, 0.29) is 28.8 Å². The molecule has 8 nitrogen and oxygen atoms in total. The van der Waals surface area contributed by atoms with Crippen LogP contribution in [0.5, 0.6) is 0 Å². The molecule has 33 heavy (non-hydrogen) atoms. The normalized spacial score (nSPS) is 20.1. The van der Waals surface area contributed by atoms with Crippen molar-refractivity contribution in [2.75, 3.05) is 7.11 Å². The maximum absolute atomic E-state index is 12.8. The molecule has 2 atom stereocenters. The molecule has 2 aromatic heterocycles. The number of benzene rings is 1. The summed E-state index contributed by atoms with van der Waals surface area (Å²) >= 11 is 0. The van der Waals surface area contributed by atoms with E-state index in [4.69, 9.17) is 18.6 Å². The van der Waals surface area contributed by atoms with Gasteiger partial charge in [0.15, 0.2) is 11.4 Å². The molecule has 0 saturated carbocycles. The van der Waals surface area contributed by atoms with E-state index in [9.17, 15) is 9.59 Å². The number of oxazole rings is 2. The number of aromatic nitrogens is 2. The van der Waals surface area contributed by atoms with Gasteiger partial charge in [-0.15, -0.1) is 0 Å². The number of rotatable bonds is 2. The summed E-state index contributed by atoms with van der Waals surface area (Å²) in [4.78, 5) is 33.8. The second-order valence-electron chi connectivity index (χ2n) is 9.79. The fourth-order valence-corrected chi connectivity index (χ4v) is 4.66. The lowest BCUT2D eigenvalue weighted by atomic mass is 9.86. The zero-order valence-electron chi connectivity index (χ0n) is 19.2. The van der Waals surface area contributed by atoms with E-state index in [1.54, 1.807) is 0 Å². The van der Waals surface area contributed by atoms with Gasteiger partial charge in [-0.3, -0.25) is 4.79 Å². The van der Waals surface area contributed by atoms with Crippen molar-refractivity contribution in [1.82, 2.24) is 15.3 Å². The van der Waals surface area contributed by atoms with Gasteiger partial charge in [0.25, 0.3) is 0 Å². The zero-order valence-corrected chi connectivity index (χ0v) is 19.2. The molecule has 1 aromatic carbocycles. The number of methoxy groups -OCH3 is 1. The smallest absolute Gasteiger partial charge is 0.360 e. The van der Waals surface area contributed by atoms with Crippen molar-refractivity contribution in [1.29, 1.82) is 0 Å². The van der Waals surface area contributed by atoms with Crippen molar-refractivity contribution in [3.8, 4) is 11.6 Å². The number of hydrogen-bond donors (Lipinski definition) is 1. The van der Waals surface area contributed by atoms with Crippen molar-refractivity contribution >= 4 is 11.9 Å². The van der Waals surface area contributed by atoms with Crippen molar-refractivity contribution in [3.63, 3.8) is 0 Å². The molecular weight excluding hydrogens is 422 g/mol. The average Bonchev–Trinajstić information content (AvgIpc) is 3.51. The van der Waals surface area contributed by atoms with Gasteiger partial charge in [0, 0.05) is 12.3 Å². The van der Waals surface area contributed by atoms with Crippen LogP contribution in [0.4, 0.5) is 0 Å². The molecule has 0 spiro atoms. The summed E-state index contributed by atoms with van der Waals surface area (Å²) in [6, 6.07) is 5.98. The number of carbonyl (C=O) groups is 2. The van der Waals surface area contributed by atoms with Crippen LogP contribution in [-0.4, -0.2) is 29.0 Å². The average molecular weight is 450 g/mol. The molecular formula is C25H27N3O5. The summed E-state index contributed by atoms with van der Waals surface area (Å²) in [6.45, 7) is 6.10. The van der Waals surface area contributed by atoms with E-state index in [0.29, 0.717) is 30.2 Å². The van der Waals surface area contributed by atoms with Crippen LogP contribution in [-0.2, 0) is 22.4 Å². The van der Waals surface area contributed by atoms with Gasteiger partial charge in [-0.1, -0.05) is 39.0 Å². The van der Waals surface area contributed by atoms with Crippen LogP contribution in [0.2, 0.25) is 0 Å². The van der Waals surface area contributed by atoms with Crippen LogP contribution in [0, 0.1) is 5.41 Å². The zero-order chi connectivity index (χ0) is 23.3. The molecule has 5 rings (SSSR count). The highest BCUT2D eigenvalue weighted by atomic mass is 16.5. The summed E-state index contributed by atoms with van der Waals surface area (Å²) < 4.78 is 16.8. The van der Waals surface area contributed by atoms with Crippen molar-refractivity contribution in [2.45, 2.75) is 58.4 Å². The Morgan fingerprint density at radius 1 is 1.18 bits per heavy atom. The standard InChI is InChI=1S/C25H27N3O5/c1-25(2,3)21-23-28-19(22-26-17(12-32-22)24(30)31-4)20(33-23)15-9-8-14-7-5-13(11-16(14)15)6-10-18(29)27-21/h5,7,11-12,15,21H,6,8-10H2,1-4H3,(H,27,29)/t15-,21+/m0/s1. The Labute approximate surface area is 191 Å². The quantitative estimate of drug-likeness (QED) is 0.580. The number of hydrogen-bond acceptors (Lipinski definition) is 7. The fraction of sp³-hybridized carbons (Fsp3) is 0.440. The maximum Gasteiger partial charge on any atom is 0.360 e. The molecule has 1 amide bonds. The molecule has 1 N–H and O–H groups in total. The summed E-state index contributed by atoms with van der Waals surface area (Å²) in [7, 11) is 1.29. The van der Waals surface area contributed by atoms with Gasteiger partial charge in [-0.2, -0.15) is 0 Å². The lowest BCUT2D eigenvalue weighted by Crippen LogP contribution is -2.37. The van der Waals surface area contributed by atoms with Gasteiger partial charge in [0.1, 0.15) is 18.1 Å². The van der Waals surface area contributed by atoms with Gasteiger partial charge in [0.2, 0.25) is 17.7 Å². The molecule has 0 unspecified atom stereocenters. The van der Waals surface area contributed by atoms with Gasteiger partial charge in [0.05, 0.1) is 7.11 Å². The van der Waals surface area contributed by atoms with Crippen molar-refractivity contribution in [2.24, 2.45) is 5.41 Å². The lowest BCUT2D eigenvalue weighted by Gasteiger charge is -2.29. The van der Waals surface area contributed by atoms with Crippen LogP contribution in [0.3, 0.4) is 0 Å². The molecule has 8 heteroatoms. The summed E-state index contributed by atoms with van der Waals surface area (Å²) in [5.41, 5.74) is 3.74. The molecule has 0 radical (unpaired) electrons. The Hall–Kier alpha value is -3.42. The third kappa shape index (κ3) is 3.83. The topological polar surface area (TPSA) is 107 Å². The Morgan fingerprint density at radius 2 is 2.00 bits per heavy atom. The second kappa shape index (κ2) is 7.86. The maximum atomic E-state index is 12.8. The predicted molar refractivity (Wildman–Crippen MR) is 119 cm³/mol. The number of carbonyl (C=O) groups excluding carboxylic acids is 2. The number of amides is 1. The van der Waals surface area contributed by atoms with Gasteiger partial charge < -0.3 is 18.9 Å². The lowest BCUT2D eigenvalue weighted by molar-refractivity contribution is -0.122. The fourth-order valence-electron chi connectivity index (χ4n) is 4.66. The minimum atomic E-state index is -0.586. The third-order valence-electron chi connectivity index (χ3n) is 6.43. The predicted octanol–water partition coefficient (Wildman–Crippen LogP) is 4.34.